The standard InChI is InChI=1S/C16H16BrNO2/c1-19-12-5-2-10(3-6-12)15-9-14(18)13-7-4-11(17)8-16(13)20-15/h2-8,14-15H,9,18H2,1H3/t14-,15?/m0/s1. The van der Waals surface area contributed by atoms with Gasteiger partial charge in [0.25, 0.3) is 0 Å². The van der Waals surface area contributed by atoms with Gasteiger partial charge < -0.3 is 15.2 Å². The first-order valence-electron chi connectivity index (χ1n) is 6.53. The number of rotatable bonds is 2. The highest BCUT2D eigenvalue weighted by Gasteiger charge is 2.27. The number of hydrogen-bond acceptors (Lipinski definition) is 3. The van der Waals surface area contributed by atoms with E-state index in [2.05, 4.69) is 15.9 Å². The van der Waals surface area contributed by atoms with Crippen molar-refractivity contribution < 1.29 is 9.47 Å². The van der Waals surface area contributed by atoms with Crippen LogP contribution in [0.2, 0.25) is 0 Å². The monoisotopic (exact) mass is 333 g/mol. The summed E-state index contributed by atoms with van der Waals surface area (Å²) in [5, 5.41) is 0. The Bertz CT molecular complexity index is 612. The Labute approximate surface area is 126 Å². The fourth-order valence-electron chi connectivity index (χ4n) is 2.50. The highest BCUT2D eigenvalue weighted by atomic mass is 79.9. The highest BCUT2D eigenvalue weighted by Crippen LogP contribution is 2.40. The fraction of sp³-hybridized carbons (Fsp3) is 0.250. The predicted octanol–water partition coefficient (Wildman–Crippen LogP) is 3.98. The molecule has 4 heteroatoms. The van der Waals surface area contributed by atoms with Crippen LogP contribution < -0.4 is 15.2 Å². The van der Waals surface area contributed by atoms with E-state index in [0.717, 1.165) is 33.5 Å². The van der Waals surface area contributed by atoms with E-state index in [0.29, 0.717) is 0 Å². The predicted molar refractivity (Wildman–Crippen MR) is 82.1 cm³/mol. The molecule has 3 rings (SSSR count). The molecule has 0 bridgehead atoms. The van der Waals surface area contributed by atoms with Gasteiger partial charge in [-0.25, -0.2) is 0 Å². The SMILES string of the molecule is COc1ccc(C2C[C@H](N)c3ccc(Br)cc3O2)cc1. The molecule has 20 heavy (non-hydrogen) atoms. The summed E-state index contributed by atoms with van der Waals surface area (Å²) in [5.74, 6) is 1.70. The Balaban J connectivity index is 1.89. The topological polar surface area (TPSA) is 44.5 Å². The minimum Gasteiger partial charge on any atom is -0.497 e. The van der Waals surface area contributed by atoms with E-state index in [4.69, 9.17) is 15.2 Å². The Hall–Kier alpha value is -1.52. The van der Waals surface area contributed by atoms with Gasteiger partial charge in [0.15, 0.2) is 0 Å². The summed E-state index contributed by atoms with van der Waals surface area (Å²) in [6.07, 6.45) is 0.763. The van der Waals surface area contributed by atoms with Crippen molar-refractivity contribution in [1.29, 1.82) is 0 Å². The summed E-state index contributed by atoms with van der Waals surface area (Å²) in [7, 11) is 1.66. The summed E-state index contributed by atoms with van der Waals surface area (Å²) in [6.45, 7) is 0. The summed E-state index contributed by atoms with van der Waals surface area (Å²) < 4.78 is 12.3. The van der Waals surface area contributed by atoms with Crippen LogP contribution in [0, 0.1) is 0 Å². The van der Waals surface area contributed by atoms with Crippen LogP contribution in [0.15, 0.2) is 46.9 Å². The van der Waals surface area contributed by atoms with Crippen LogP contribution in [0.4, 0.5) is 0 Å². The second-order valence-electron chi connectivity index (χ2n) is 4.90. The van der Waals surface area contributed by atoms with E-state index >= 15 is 0 Å². The van der Waals surface area contributed by atoms with Crippen LogP contribution in [0.1, 0.15) is 29.7 Å². The van der Waals surface area contributed by atoms with Gasteiger partial charge in [-0.05, 0) is 29.8 Å². The van der Waals surface area contributed by atoms with E-state index < -0.39 is 0 Å². The van der Waals surface area contributed by atoms with Gasteiger partial charge in [-0.1, -0.05) is 34.1 Å². The summed E-state index contributed by atoms with van der Waals surface area (Å²) >= 11 is 3.47. The fourth-order valence-corrected chi connectivity index (χ4v) is 2.84. The maximum absolute atomic E-state index is 6.26. The molecule has 1 aliphatic rings. The van der Waals surface area contributed by atoms with E-state index in [-0.39, 0.29) is 12.1 Å². The average molecular weight is 334 g/mol. The number of benzene rings is 2. The first kappa shape index (κ1) is 13.5. The van der Waals surface area contributed by atoms with E-state index in [1.807, 2.05) is 42.5 Å². The Morgan fingerprint density at radius 1 is 1.20 bits per heavy atom. The van der Waals surface area contributed by atoms with Gasteiger partial charge in [-0.3, -0.25) is 0 Å². The lowest BCUT2D eigenvalue weighted by Gasteiger charge is -2.30. The average Bonchev–Trinajstić information content (AvgIpc) is 2.46. The molecule has 0 amide bonds. The van der Waals surface area contributed by atoms with Crippen molar-refractivity contribution in [3.05, 3.63) is 58.1 Å². The number of methoxy groups -OCH3 is 1. The zero-order valence-electron chi connectivity index (χ0n) is 11.2. The van der Waals surface area contributed by atoms with Gasteiger partial charge in [-0.2, -0.15) is 0 Å². The van der Waals surface area contributed by atoms with Crippen LogP contribution >= 0.6 is 15.9 Å². The molecule has 2 atom stereocenters. The van der Waals surface area contributed by atoms with E-state index in [1.165, 1.54) is 0 Å². The van der Waals surface area contributed by atoms with Crippen molar-refractivity contribution in [1.82, 2.24) is 0 Å². The molecule has 2 N–H and O–H groups in total. The second kappa shape index (κ2) is 5.46. The molecule has 0 aromatic heterocycles. The summed E-state index contributed by atoms with van der Waals surface area (Å²) in [6, 6.07) is 13.9. The van der Waals surface area contributed by atoms with E-state index in [1.54, 1.807) is 7.11 Å². The molecular weight excluding hydrogens is 318 g/mol. The quantitative estimate of drug-likeness (QED) is 0.903. The smallest absolute Gasteiger partial charge is 0.126 e. The van der Waals surface area contributed by atoms with E-state index in [9.17, 15) is 0 Å². The lowest BCUT2D eigenvalue weighted by molar-refractivity contribution is 0.161. The van der Waals surface area contributed by atoms with Crippen molar-refractivity contribution >= 4 is 15.9 Å². The molecule has 1 aliphatic heterocycles. The van der Waals surface area contributed by atoms with Gasteiger partial charge in [0, 0.05) is 22.5 Å². The van der Waals surface area contributed by atoms with Gasteiger partial charge in [0.05, 0.1) is 7.11 Å². The summed E-state index contributed by atoms with van der Waals surface area (Å²) in [4.78, 5) is 0. The lowest BCUT2D eigenvalue weighted by atomic mass is 9.93. The van der Waals surface area contributed by atoms with Gasteiger partial charge in [0.2, 0.25) is 0 Å². The van der Waals surface area contributed by atoms with Crippen LogP contribution in [0.25, 0.3) is 0 Å². The molecule has 0 saturated heterocycles. The number of halogens is 1. The molecule has 2 aromatic carbocycles. The summed E-state index contributed by atoms with van der Waals surface area (Å²) in [5.41, 5.74) is 8.45. The molecule has 2 aromatic rings. The lowest BCUT2D eigenvalue weighted by Crippen LogP contribution is -2.24. The van der Waals surface area contributed by atoms with Crippen LogP contribution in [0.5, 0.6) is 11.5 Å². The molecule has 0 spiro atoms. The number of hydrogen-bond donors (Lipinski definition) is 1. The molecule has 3 nitrogen and oxygen atoms in total. The van der Waals surface area contributed by atoms with Gasteiger partial charge in [-0.15, -0.1) is 0 Å². The third-order valence-electron chi connectivity index (χ3n) is 3.60. The molecule has 0 saturated carbocycles. The second-order valence-corrected chi connectivity index (χ2v) is 5.82. The number of ether oxygens (including phenoxy) is 2. The molecular formula is C16H16BrNO2. The Morgan fingerprint density at radius 3 is 2.65 bits per heavy atom. The highest BCUT2D eigenvalue weighted by molar-refractivity contribution is 9.10. The molecule has 0 aliphatic carbocycles. The van der Waals surface area contributed by atoms with Crippen LogP contribution in [-0.2, 0) is 0 Å². The van der Waals surface area contributed by atoms with Crippen LogP contribution in [-0.4, -0.2) is 7.11 Å². The molecule has 0 fully saturated rings. The normalized spacial score (nSPS) is 20.9. The molecule has 0 radical (unpaired) electrons. The van der Waals surface area contributed by atoms with Crippen molar-refractivity contribution in [2.24, 2.45) is 5.73 Å². The van der Waals surface area contributed by atoms with Crippen molar-refractivity contribution in [2.45, 2.75) is 18.6 Å². The molecule has 1 unspecified atom stereocenters. The largest absolute Gasteiger partial charge is 0.497 e. The van der Waals surface area contributed by atoms with Crippen LogP contribution in [0.3, 0.4) is 0 Å². The first-order chi connectivity index (χ1) is 9.67. The number of nitrogens with two attached hydrogens (primary N) is 1. The number of fused-ring (bicyclic) bond motifs is 1. The third kappa shape index (κ3) is 2.53. The van der Waals surface area contributed by atoms with Gasteiger partial charge >= 0.3 is 0 Å². The first-order valence-corrected chi connectivity index (χ1v) is 7.32. The maximum Gasteiger partial charge on any atom is 0.126 e. The maximum atomic E-state index is 6.26. The third-order valence-corrected chi connectivity index (χ3v) is 4.09. The zero-order valence-corrected chi connectivity index (χ0v) is 12.8. The Morgan fingerprint density at radius 2 is 1.95 bits per heavy atom. The van der Waals surface area contributed by atoms with Crippen molar-refractivity contribution in [3.8, 4) is 11.5 Å². The van der Waals surface area contributed by atoms with Gasteiger partial charge in [0.1, 0.15) is 17.6 Å². The minimum absolute atomic E-state index is 0.000971. The Kier molecular flexibility index (Phi) is 3.68. The van der Waals surface area contributed by atoms with Crippen molar-refractivity contribution in [3.63, 3.8) is 0 Å². The molecule has 104 valence electrons. The minimum atomic E-state index is -0.0160. The zero-order chi connectivity index (χ0) is 14.1. The van der Waals surface area contributed by atoms with Crippen molar-refractivity contribution in [2.75, 3.05) is 7.11 Å². The molecule has 1 heterocycles.